The van der Waals surface area contributed by atoms with Crippen LogP contribution in [0.5, 0.6) is 0 Å². The number of benzene rings is 1. The number of hydrogen-bond acceptors (Lipinski definition) is 5. The van der Waals surface area contributed by atoms with Crippen molar-refractivity contribution in [2.75, 3.05) is 38.6 Å². The molecule has 1 fully saturated rings. The molecule has 1 aliphatic rings. The Morgan fingerprint density at radius 3 is 2.91 bits per heavy atom. The average Bonchev–Trinajstić information content (AvgIpc) is 2.56. The molecule has 0 amide bonds. The molecule has 2 heterocycles. The van der Waals surface area contributed by atoms with Gasteiger partial charge in [0.25, 0.3) is 0 Å². The van der Waals surface area contributed by atoms with Gasteiger partial charge in [0, 0.05) is 57.5 Å². The lowest BCUT2D eigenvalue weighted by molar-refractivity contribution is 0.152. The van der Waals surface area contributed by atoms with Gasteiger partial charge in [-0.25, -0.2) is 9.97 Å². The molecule has 0 saturated carbocycles. The van der Waals surface area contributed by atoms with Gasteiger partial charge in [-0.05, 0) is 17.7 Å². The SMILES string of the molecule is CN(C)c1nccc(CN2CCNCC2c2ccccc2Cl)n1. The molecule has 6 heteroatoms. The molecule has 1 N–H and O–H groups in total. The van der Waals surface area contributed by atoms with Gasteiger partial charge in [0.05, 0.1) is 5.69 Å². The van der Waals surface area contributed by atoms with Crippen LogP contribution < -0.4 is 10.2 Å². The van der Waals surface area contributed by atoms with Crippen LogP contribution in [0.15, 0.2) is 36.5 Å². The Morgan fingerprint density at radius 2 is 2.13 bits per heavy atom. The Balaban J connectivity index is 1.82. The van der Waals surface area contributed by atoms with Crippen LogP contribution in [-0.4, -0.2) is 48.6 Å². The molecule has 5 nitrogen and oxygen atoms in total. The zero-order chi connectivity index (χ0) is 16.2. The number of anilines is 1. The van der Waals surface area contributed by atoms with Crippen molar-refractivity contribution in [2.24, 2.45) is 0 Å². The van der Waals surface area contributed by atoms with E-state index >= 15 is 0 Å². The van der Waals surface area contributed by atoms with Gasteiger partial charge in [-0.2, -0.15) is 0 Å². The standard InChI is InChI=1S/C17H22ClN5/c1-22(2)17-20-8-7-13(21-17)12-23-10-9-19-11-16(23)14-5-3-4-6-15(14)18/h3-8,16,19H,9-12H2,1-2H3. The van der Waals surface area contributed by atoms with Crippen molar-refractivity contribution in [3.05, 3.63) is 52.8 Å². The van der Waals surface area contributed by atoms with Gasteiger partial charge >= 0.3 is 0 Å². The van der Waals surface area contributed by atoms with Crippen LogP contribution in [0.2, 0.25) is 5.02 Å². The first kappa shape index (κ1) is 16.2. The third-order valence-electron chi connectivity index (χ3n) is 4.08. The summed E-state index contributed by atoms with van der Waals surface area (Å²) >= 11 is 6.41. The minimum Gasteiger partial charge on any atom is -0.347 e. The number of hydrogen-bond donors (Lipinski definition) is 1. The number of halogens is 1. The van der Waals surface area contributed by atoms with Crippen molar-refractivity contribution in [1.82, 2.24) is 20.2 Å². The zero-order valence-electron chi connectivity index (χ0n) is 13.5. The fraction of sp³-hybridized carbons (Fsp3) is 0.412. The molecule has 1 aliphatic heterocycles. The van der Waals surface area contributed by atoms with Crippen molar-refractivity contribution < 1.29 is 0 Å². The summed E-state index contributed by atoms with van der Waals surface area (Å²) in [7, 11) is 3.91. The van der Waals surface area contributed by atoms with Gasteiger partial charge < -0.3 is 10.2 Å². The fourth-order valence-corrected chi connectivity index (χ4v) is 3.15. The van der Waals surface area contributed by atoms with Crippen LogP contribution in [0.3, 0.4) is 0 Å². The number of aromatic nitrogens is 2. The maximum atomic E-state index is 6.41. The highest BCUT2D eigenvalue weighted by Crippen LogP contribution is 2.29. The van der Waals surface area contributed by atoms with Gasteiger partial charge in [-0.3, -0.25) is 4.90 Å². The lowest BCUT2D eigenvalue weighted by Crippen LogP contribution is -2.45. The average molecular weight is 332 g/mol. The van der Waals surface area contributed by atoms with E-state index in [9.17, 15) is 0 Å². The van der Waals surface area contributed by atoms with E-state index in [0.29, 0.717) is 0 Å². The molecule has 0 radical (unpaired) electrons. The minimum atomic E-state index is 0.259. The van der Waals surface area contributed by atoms with Gasteiger partial charge in [0.1, 0.15) is 0 Å². The first-order chi connectivity index (χ1) is 11.1. The van der Waals surface area contributed by atoms with Crippen molar-refractivity contribution in [3.63, 3.8) is 0 Å². The summed E-state index contributed by atoms with van der Waals surface area (Å²) in [5.41, 5.74) is 2.20. The molecule has 23 heavy (non-hydrogen) atoms. The number of nitrogens with one attached hydrogen (secondary N) is 1. The lowest BCUT2D eigenvalue weighted by atomic mass is 10.0. The molecule has 0 aliphatic carbocycles. The predicted octanol–water partition coefficient (Wildman–Crippen LogP) is 2.34. The first-order valence-electron chi connectivity index (χ1n) is 7.83. The lowest BCUT2D eigenvalue weighted by Gasteiger charge is -2.36. The molecule has 0 spiro atoms. The number of piperazine rings is 1. The Bertz CT molecular complexity index is 661. The Labute approximate surface area is 142 Å². The Morgan fingerprint density at radius 1 is 1.30 bits per heavy atom. The normalized spacial score (nSPS) is 18.8. The highest BCUT2D eigenvalue weighted by molar-refractivity contribution is 6.31. The Kier molecular flexibility index (Phi) is 5.10. The van der Waals surface area contributed by atoms with Crippen LogP contribution in [-0.2, 0) is 6.54 Å². The summed E-state index contributed by atoms with van der Waals surface area (Å²) in [6, 6.07) is 10.3. The second kappa shape index (κ2) is 7.25. The summed E-state index contributed by atoms with van der Waals surface area (Å²) < 4.78 is 0. The van der Waals surface area contributed by atoms with Crippen LogP contribution in [0.1, 0.15) is 17.3 Å². The fourth-order valence-electron chi connectivity index (χ4n) is 2.88. The van der Waals surface area contributed by atoms with Crippen LogP contribution in [0.4, 0.5) is 5.95 Å². The van der Waals surface area contributed by atoms with Crippen LogP contribution in [0.25, 0.3) is 0 Å². The molecule has 2 aromatic rings. The molecule has 1 saturated heterocycles. The summed E-state index contributed by atoms with van der Waals surface area (Å²) in [5.74, 6) is 0.743. The van der Waals surface area contributed by atoms with E-state index in [1.54, 1.807) is 0 Å². The van der Waals surface area contributed by atoms with Crippen molar-refractivity contribution >= 4 is 17.5 Å². The molecule has 1 aromatic heterocycles. The zero-order valence-corrected chi connectivity index (χ0v) is 14.3. The first-order valence-corrected chi connectivity index (χ1v) is 8.21. The van der Waals surface area contributed by atoms with Gasteiger partial charge in [0.15, 0.2) is 0 Å². The smallest absolute Gasteiger partial charge is 0.225 e. The summed E-state index contributed by atoms with van der Waals surface area (Å²) in [6.07, 6.45) is 1.82. The van der Waals surface area contributed by atoms with Crippen molar-refractivity contribution in [1.29, 1.82) is 0 Å². The van der Waals surface area contributed by atoms with E-state index in [1.165, 1.54) is 5.56 Å². The van der Waals surface area contributed by atoms with Crippen LogP contribution >= 0.6 is 11.6 Å². The monoisotopic (exact) mass is 331 g/mol. The van der Waals surface area contributed by atoms with Crippen LogP contribution in [0, 0.1) is 0 Å². The second-order valence-corrected chi connectivity index (χ2v) is 6.36. The second-order valence-electron chi connectivity index (χ2n) is 5.95. The summed E-state index contributed by atoms with van der Waals surface area (Å²) in [5, 5.41) is 4.29. The number of rotatable bonds is 4. The van der Waals surface area contributed by atoms with E-state index in [4.69, 9.17) is 11.6 Å². The molecule has 3 rings (SSSR count). The van der Waals surface area contributed by atoms with Crippen molar-refractivity contribution in [3.8, 4) is 0 Å². The maximum Gasteiger partial charge on any atom is 0.225 e. The molecule has 122 valence electrons. The van der Waals surface area contributed by atoms with Gasteiger partial charge in [-0.1, -0.05) is 29.8 Å². The Hall–Kier alpha value is -1.69. The molecule has 1 atom stereocenters. The number of nitrogens with zero attached hydrogens (tertiary/aromatic N) is 4. The van der Waals surface area contributed by atoms with Gasteiger partial charge in [0.2, 0.25) is 5.95 Å². The van der Waals surface area contributed by atoms with E-state index in [0.717, 1.165) is 42.8 Å². The molecular formula is C17H22ClN5. The third kappa shape index (κ3) is 3.80. The van der Waals surface area contributed by atoms with E-state index in [1.807, 2.05) is 49.5 Å². The van der Waals surface area contributed by atoms with E-state index in [2.05, 4.69) is 26.3 Å². The molecule has 1 unspecified atom stereocenters. The summed E-state index contributed by atoms with van der Waals surface area (Å²) in [6.45, 7) is 3.64. The molecule has 0 bridgehead atoms. The highest BCUT2D eigenvalue weighted by atomic mass is 35.5. The predicted molar refractivity (Wildman–Crippen MR) is 93.8 cm³/mol. The van der Waals surface area contributed by atoms with E-state index in [-0.39, 0.29) is 6.04 Å². The topological polar surface area (TPSA) is 44.3 Å². The maximum absolute atomic E-state index is 6.41. The van der Waals surface area contributed by atoms with Gasteiger partial charge in [-0.15, -0.1) is 0 Å². The molecule has 1 aromatic carbocycles. The van der Waals surface area contributed by atoms with Crippen molar-refractivity contribution in [2.45, 2.75) is 12.6 Å². The summed E-state index contributed by atoms with van der Waals surface area (Å²) in [4.78, 5) is 13.3. The molecular weight excluding hydrogens is 310 g/mol. The minimum absolute atomic E-state index is 0.259. The van der Waals surface area contributed by atoms with E-state index < -0.39 is 0 Å². The third-order valence-corrected chi connectivity index (χ3v) is 4.43. The highest BCUT2D eigenvalue weighted by Gasteiger charge is 2.25. The quantitative estimate of drug-likeness (QED) is 0.931. The largest absolute Gasteiger partial charge is 0.347 e.